The van der Waals surface area contributed by atoms with Crippen molar-refractivity contribution < 1.29 is 60.5 Å². The van der Waals surface area contributed by atoms with E-state index in [4.69, 9.17) is 0 Å². The van der Waals surface area contributed by atoms with Gasteiger partial charge in [0.15, 0.2) is 17.4 Å². The van der Waals surface area contributed by atoms with Crippen molar-refractivity contribution in [3.8, 4) is 0 Å². The van der Waals surface area contributed by atoms with Crippen LogP contribution in [0.4, 0.5) is 0 Å². The van der Waals surface area contributed by atoms with Crippen molar-refractivity contribution >= 4 is 17.4 Å². The van der Waals surface area contributed by atoms with E-state index in [1.54, 1.807) is 0 Å². The molecule has 0 heterocycles. The van der Waals surface area contributed by atoms with E-state index < -0.39 is 0 Å². The molecule has 0 aliphatic heterocycles. The maximum atomic E-state index is 0. The molecular weight excluding hydrogens is 186 g/mol. The van der Waals surface area contributed by atoms with Gasteiger partial charge in [-0.25, -0.2) is 0 Å². The Morgan fingerprint density at radius 3 is 0.750 bits per heavy atom. The third-order valence-electron chi connectivity index (χ3n) is 0. The van der Waals surface area contributed by atoms with Crippen LogP contribution in [0.25, 0.3) is 0 Å². The molecule has 0 saturated carbocycles. The summed E-state index contributed by atoms with van der Waals surface area (Å²) in [5, 5.41) is 0. The van der Waals surface area contributed by atoms with Crippen LogP contribution in [0, 0.1) is 0 Å². The van der Waals surface area contributed by atoms with Crippen molar-refractivity contribution in [1.82, 2.24) is 0 Å². The first-order valence-corrected chi connectivity index (χ1v) is 0. The van der Waals surface area contributed by atoms with E-state index in [1.165, 1.54) is 0 Å². The molecule has 0 saturated heterocycles. The third kappa shape index (κ3) is 8.82. The van der Waals surface area contributed by atoms with Gasteiger partial charge in [0.25, 0.3) is 0 Å². The molecule has 0 unspecified atom stereocenters. The standard InChI is InChI=1S/Al.Cu.2Ti.3H. The first kappa shape index (κ1) is 31.6. The summed E-state index contributed by atoms with van der Waals surface area (Å²) in [4.78, 5) is 0. The van der Waals surface area contributed by atoms with Crippen molar-refractivity contribution in [1.29, 1.82) is 0 Å². The average Bonchev–Trinajstić information content (AvgIpc) is 0. The Labute approximate surface area is 76.8 Å². The summed E-state index contributed by atoms with van der Waals surface area (Å²) in [6.07, 6.45) is 0. The molecular formula is H3AlCuTi2. The van der Waals surface area contributed by atoms with Crippen LogP contribution < -0.4 is 0 Å². The fraction of sp³-hybridized carbons (Fsp3) is 0. The third-order valence-corrected chi connectivity index (χ3v) is 0. The van der Waals surface area contributed by atoms with E-state index in [0.717, 1.165) is 0 Å². The van der Waals surface area contributed by atoms with Gasteiger partial charge in [0.1, 0.15) is 0 Å². The number of rotatable bonds is 0. The molecule has 0 atom stereocenters. The maximum Gasteiger partial charge on any atom is 0.187 e. The first-order chi connectivity index (χ1) is 0. The molecule has 0 fully saturated rings. The molecule has 0 rings (SSSR count). The second kappa shape index (κ2) is 17.9. The summed E-state index contributed by atoms with van der Waals surface area (Å²) >= 11 is 0. The van der Waals surface area contributed by atoms with Crippen molar-refractivity contribution in [2.24, 2.45) is 0 Å². The van der Waals surface area contributed by atoms with E-state index >= 15 is 0 Å². The number of hydrogen-bond acceptors (Lipinski definition) is 0. The van der Waals surface area contributed by atoms with Gasteiger partial charge in [-0.2, -0.15) is 0 Å². The monoisotopic (exact) mass is 189 g/mol. The Kier molecular flexibility index (Phi) is 141. The summed E-state index contributed by atoms with van der Waals surface area (Å²) in [5.74, 6) is 0. The normalized spacial score (nSPS) is 0. The molecule has 4 heavy (non-hydrogen) atoms. The molecule has 0 aliphatic rings. The molecule has 4 heteroatoms. The molecule has 0 aromatic rings. The predicted octanol–water partition coefficient (Wildman–Crippen LogP) is -1.19. The van der Waals surface area contributed by atoms with E-state index in [1.807, 2.05) is 0 Å². The van der Waals surface area contributed by atoms with Crippen LogP contribution in [-0.4, -0.2) is 17.4 Å². The fourth-order valence-electron chi connectivity index (χ4n) is 0. The quantitative estimate of drug-likeness (QED) is 0.420. The minimum Gasteiger partial charge on any atom is 0 e. The van der Waals surface area contributed by atoms with Gasteiger partial charge in [-0.1, -0.05) is 0 Å². The summed E-state index contributed by atoms with van der Waals surface area (Å²) < 4.78 is 0. The molecule has 0 bridgehead atoms. The second-order valence-corrected chi connectivity index (χ2v) is 0. The van der Waals surface area contributed by atoms with Gasteiger partial charge in [0, 0.05) is 60.5 Å². The summed E-state index contributed by atoms with van der Waals surface area (Å²) in [7, 11) is 0. The van der Waals surface area contributed by atoms with Gasteiger partial charge in [-0.05, 0) is 0 Å². The molecule has 0 nitrogen and oxygen atoms in total. The molecule has 0 aromatic carbocycles. The van der Waals surface area contributed by atoms with Crippen molar-refractivity contribution in [3.05, 3.63) is 0 Å². The predicted molar refractivity (Wildman–Crippen MR) is 9.94 cm³/mol. The van der Waals surface area contributed by atoms with Crippen LogP contribution in [-0.2, 0) is 60.5 Å². The largest absolute Gasteiger partial charge is 0.187 e. The first-order valence-electron chi connectivity index (χ1n) is 0. The van der Waals surface area contributed by atoms with E-state index in [2.05, 4.69) is 0 Å². The van der Waals surface area contributed by atoms with Gasteiger partial charge in [0.2, 0.25) is 0 Å². The van der Waals surface area contributed by atoms with E-state index in [-0.39, 0.29) is 77.9 Å². The van der Waals surface area contributed by atoms with Crippen LogP contribution in [0.15, 0.2) is 0 Å². The van der Waals surface area contributed by atoms with Gasteiger partial charge in [0.05, 0.1) is 0 Å². The smallest absolute Gasteiger partial charge is 0 e. The summed E-state index contributed by atoms with van der Waals surface area (Å²) in [5.41, 5.74) is 0. The fourth-order valence-corrected chi connectivity index (χ4v) is 0. The van der Waals surface area contributed by atoms with Gasteiger partial charge in [-0.15, -0.1) is 0 Å². The minimum absolute atomic E-state index is 0. The van der Waals surface area contributed by atoms with Crippen LogP contribution >= 0.6 is 0 Å². The van der Waals surface area contributed by atoms with Crippen LogP contribution in [0.5, 0.6) is 0 Å². The van der Waals surface area contributed by atoms with Gasteiger partial charge < -0.3 is 0 Å². The average molecular weight is 189 g/mol. The molecule has 0 N–H and O–H groups in total. The zero-order valence-corrected chi connectivity index (χ0v) is 5.37. The van der Waals surface area contributed by atoms with Crippen molar-refractivity contribution in [2.75, 3.05) is 0 Å². The van der Waals surface area contributed by atoms with Crippen LogP contribution in [0.2, 0.25) is 0 Å². The van der Waals surface area contributed by atoms with E-state index in [9.17, 15) is 0 Å². The summed E-state index contributed by atoms with van der Waals surface area (Å²) in [6, 6.07) is 0. The van der Waals surface area contributed by atoms with Crippen molar-refractivity contribution in [2.45, 2.75) is 0 Å². The van der Waals surface area contributed by atoms with Crippen LogP contribution in [0.1, 0.15) is 0 Å². The van der Waals surface area contributed by atoms with E-state index in [0.29, 0.717) is 0 Å². The Balaban J connectivity index is 0. The number of hydrogen-bond donors (Lipinski definition) is 0. The van der Waals surface area contributed by atoms with Gasteiger partial charge in [-0.3, -0.25) is 0 Å². The molecule has 0 spiro atoms. The van der Waals surface area contributed by atoms with Crippen LogP contribution in [0.3, 0.4) is 0 Å². The minimum atomic E-state index is 0. The topological polar surface area (TPSA) is 0 Å². The zero-order valence-electron chi connectivity index (χ0n) is 1.30. The molecule has 0 amide bonds. The zero-order chi connectivity index (χ0) is 0. The molecule has 25 valence electrons. The van der Waals surface area contributed by atoms with Gasteiger partial charge >= 0.3 is 0 Å². The molecule has 0 aromatic heterocycles. The van der Waals surface area contributed by atoms with Crippen molar-refractivity contribution in [3.63, 3.8) is 0 Å². The maximum absolute atomic E-state index is 0. The molecule has 0 aliphatic carbocycles. The Morgan fingerprint density at radius 2 is 0.750 bits per heavy atom. The Morgan fingerprint density at radius 1 is 0.750 bits per heavy atom. The Bertz CT molecular complexity index is 6.00. The second-order valence-electron chi connectivity index (χ2n) is 0. The Hall–Kier alpha value is 2.48. The summed E-state index contributed by atoms with van der Waals surface area (Å²) in [6.45, 7) is 0. The SMILES string of the molecule is [AlH3].[Cu].[Ti].[Ti]. The molecule has 1 radical (unpaired) electrons.